The molecule has 3 heteroatoms. The molecule has 0 bridgehead atoms. The number of aromatic nitrogens is 1. The average molecular weight is 166 g/mol. The molecule has 1 heterocycles. The SMILES string of the molecule is CCc1c(N)noc1CC1CC1. The van der Waals surface area contributed by atoms with Crippen LogP contribution >= 0.6 is 0 Å². The van der Waals surface area contributed by atoms with E-state index in [1.165, 1.54) is 12.8 Å². The highest BCUT2D eigenvalue weighted by atomic mass is 16.5. The predicted molar refractivity (Wildman–Crippen MR) is 46.7 cm³/mol. The van der Waals surface area contributed by atoms with Gasteiger partial charge in [-0.15, -0.1) is 0 Å². The van der Waals surface area contributed by atoms with Gasteiger partial charge in [-0.2, -0.15) is 0 Å². The van der Waals surface area contributed by atoms with E-state index in [1.807, 2.05) is 0 Å². The zero-order chi connectivity index (χ0) is 8.55. The molecule has 0 amide bonds. The van der Waals surface area contributed by atoms with Gasteiger partial charge < -0.3 is 10.3 Å². The van der Waals surface area contributed by atoms with E-state index in [-0.39, 0.29) is 0 Å². The van der Waals surface area contributed by atoms with E-state index in [2.05, 4.69) is 12.1 Å². The number of rotatable bonds is 3. The van der Waals surface area contributed by atoms with Gasteiger partial charge in [0.2, 0.25) is 0 Å². The molecule has 0 saturated heterocycles. The summed E-state index contributed by atoms with van der Waals surface area (Å²) in [5.41, 5.74) is 6.76. The van der Waals surface area contributed by atoms with Gasteiger partial charge in [0.05, 0.1) is 0 Å². The Morgan fingerprint density at radius 2 is 2.33 bits per heavy atom. The zero-order valence-electron chi connectivity index (χ0n) is 7.34. The first-order valence-corrected chi connectivity index (χ1v) is 4.54. The van der Waals surface area contributed by atoms with E-state index in [1.54, 1.807) is 0 Å². The summed E-state index contributed by atoms with van der Waals surface area (Å²) in [4.78, 5) is 0. The van der Waals surface area contributed by atoms with Crippen LogP contribution in [-0.4, -0.2) is 5.16 Å². The monoisotopic (exact) mass is 166 g/mol. The van der Waals surface area contributed by atoms with Crippen LogP contribution < -0.4 is 5.73 Å². The second kappa shape index (κ2) is 2.81. The fourth-order valence-electron chi connectivity index (χ4n) is 1.48. The van der Waals surface area contributed by atoms with Crippen molar-refractivity contribution in [2.24, 2.45) is 5.92 Å². The lowest BCUT2D eigenvalue weighted by molar-refractivity contribution is 0.379. The minimum Gasteiger partial charge on any atom is -0.381 e. The second-order valence-corrected chi connectivity index (χ2v) is 3.47. The van der Waals surface area contributed by atoms with Crippen molar-refractivity contribution in [3.63, 3.8) is 0 Å². The van der Waals surface area contributed by atoms with Crippen molar-refractivity contribution in [1.82, 2.24) is 5.16 Å². The summed E-state index contributed by atoms with van der Waals surface area (Å²) >= 11 is 0. The molecular formula is C9H14N2O. The van der Waals surface area contributed by atoms with Gasteiger partial charge in [0.15, 0.2) is 5.82 Å². The first-order chi connectivity index (χ1) is 5.81. The van der Waals surface area contributed by atoms with Crippen molar-refractivity contribution in [1.29, 1.82) is 0 Å². The van der Waals surface area contributed by atoms with Gasteiger partial charge in [-0.05, 0) is 25.2 Å². The Morgan fingerprint density at radius 3 is 2.92 bits per heavy atom. The first kappa shape index (κ1) is 7.65. The smallest absolute Gasteiger partial charge is 0.170 e. The van der Waals surface area contributed by atoms with Crippen LogP contribution in [0.2, 0.25) is 0 Å². The van der Waals surface area contributed by atoms with Crippen LogP contribution in [0.25, 0.3) is 0 Å². The fourth-order valence-corrected chi connectivity index (χ4v) is 1.48. The largest absolute Gasteiger partial charge is 0.381 e. The molecule has 2 rings (SSSR count). The predicted octanol–water partition coefficient (Wildman–Crippen LogP) is 1.77. The van der Waals surface area contributed by atoms with Crippen LogP contribution in [0.3, 0.4) is 0 Å². The molecule has 0 atom stereocenters. The lowest BCUT2D eigenvalue weighted by Gasteiger charge is -1.95. The Hall–Kier alpha value is -0.990. The minimum absolute atomic E-state index is 0.577. The summed E-state index contributed by atoms with van der Waals surface area (Å²) in [6.07, 6.45) is 4.64. The molecule has 0 radical (unpaired) electrons. The molecule has 1 aliphatic carbocycles. The summed E-state index contributed by atoms with van der Waals surface area (Å²) < 4.78 is 5.16. The molecule has 0 aliphatic heterocycles. The maximum atomic E-state index is 5.64. The topological polar surface area (TPSA) is 52.0 Å². The molecule has 12 heavy (non-hydrogen) atoms. The minimum atomic E-state index is 0.577. The molecule has 1 aromatic rings. The summed E-state index contributed by atoms with van der Waals surface area (Å²) in [5, 5.41) is 3.77. The van der Waals surface area contributed by atoms with Gasteiger partial charge in [0, 0.05) is 12.0 Å². The molecule has 1 aliphatic rings. The van der Waals surface area contributed by atoms with E-state index in [0.29, 0.717) is 5.82 Å². The maximum absolute atomic E-state index is 5.64. The number of nitrogens with zero attached hydrogens (tertiary/aromatic N) is 1. The van der Waals surface area contributed by atoms with E-state index in [9.17, 15) is 0 Å². The van der Waals surface area contributed by atoms with Gasteiger partial charge in [-0.1, -0.05) is 12.1 Å². The molecule has 1 fully saturated rings. The summed E-state index contributed by atoms with van der Waals surface area (Å²) in [7, 11) is 0. The summed E-state index contributed by atoms with van der Waals surface area (Å²) in [6.45, 7) is 2.08. The van der Waals surface area contributed by atoms with E-state index < -0.39 is 0 Å². The van der Waals surface area contributed by atoms with Crippen LogP contribution in [0, 0.1) is 5.92 Å². The highest BCUT2D eigenvalue weighted by Gasteiger charge is 2.25. The van der Waals surface area contributed by atoms with Crippen LogP contribution in [-0.2, 0) is 12.8 Å². The highest BCUT2D eigenvalue weighted by molar-refractivity contribution is 5.40. The van der Waals surface area contributed by atoms with E-state index in [4.69, 9.17) is 10.3 Å². The first-order valence-electron chi connectivity index (χ1n) is 4.54. The van der Waals surface area contributed by atoms with Crippen LogP contribution in [0.5, 0.6) is 0 Å². The lowest BCUT2D eigenvalue weighted by Crippen LogP contribution is -1.94. The fraction of sp³-hybridized carbons (Fsp3) is 0.667. The lowest BCUT2D eigenvalue weighted by atomic mass is 10.1. The third-order valence-electron chi connectivity index (χ3n) is 2.42. The Labute approximate surface area is 71.9 Å². The second-order valence-electron chi connectivity index (χ2n) is 3.47. The molecule has 2 N–H and O–H groups in total. The molecule has 1 saturated carbocycles. The normalized spacial score (nSPS) is 16.8. The quantitative estimate of drug-likeness (QED) is 0.744. The molecule has 1 aromatic heterocycles. The third kappa shape index (κ3) is 1.31. The third-order valence-corrected chi connectivity index (χ3v) is 2.42. The van der Waals surface area contributed by atoms with Gasteiger partial charge in [-0.3, -0.25) is 0 Å². The Kier molecular flexibility index (Phi) is 1.79. The number of hydrogen-bond acceptors (Lipinski definition) is 3. The van der Waals surface area contributed by atoms with E-state index >= 15 is 0 Å². The van der Waals surface area contributed by atoms with Crippen molar-refractivity contribution < 1.29 is 4.52 Å². The molecular weight excluding hydrogens is 152 g/mol. The zero-order valence-corrected chi connectivity index (χ0v) is 7.34. The van der Waals surface area contributed by atoms with Crippen LogP contribution in [0.4, 0.5) is 5.82 Å². The molecule has 0 unspecified atom stereocenters. The molecule has 3 nitrogen and oxygen atoms in total. The standard InChI is InChI=1S/C9H14N2O/c1-2-7-8(5-6-3-4-6)12-11-9(7)10/h6H,2-5H2,1H3,(H2,10,11). The van der Waals surface area contributed by atoms with Crippen molar-refractivity contribution >= 4 is 5.82 Å². The van der Waals surface area contributed by atoms with Crippen molar-refractivity contribution in [3.05, 3.63) is 11.3 Å². The number of anilines is 1. The van der Waals surface area contributed by atoms with E-state index in [0.717, 1.165) is 30.1 Å². The number of hydrogen-bond donors (Lipinski definition) is 1. The van der Waals surface area contributed by atoms with Gasteiger partial charge in [0.25, 0.3) is 0 Å². The van der Waals surface area contributed by atoms with Gasteiger partial charge >= 0.3 is 0 Å². The van der Waals surface area contributed by atoms with Crippen LogP contribution in [0.1, 0.15) is 31.1 Å². The highest BCUT2D eigenvalue weighted by Crippen LogP contribution is 2.34. The molecule has 0 aromatic carbocycles. The Balaban J connectivity index is 2.16. The van der Waals surface area contributed by atoms with Gasteiger partial charge in [-0.25, -0.2) is 0 Å². The molecule has 66 valence electrons. The Bertz CT molecular complexity index is 276. The number of nitrogens with two attached hydrogens (primary N) is 1. The summed E-state index contributed by atoms with van der Waals surface area (Å²) in [6, 6.07) is 0. The van der Waals surface area contributed by atoms with Crippen molar-refractivity contribution in [2.75, 3.05) is 5.73 Å². The van der Waals surface area contributed by atoms with Crippen LogP contribution in [0.15, 0.2) is 4.52 Å². The maximum Gasteiger partial charge on any atom is 0.170 e. The van der Waals surface area contributed by atoms with Crippen molar-refractivity contribution in [3.8, 4) is 0 Å². The molecule has 0 spiro atoms. The Morgan fingerprint density at radius 1 is 1.58 bits per heavy atom. The van der Waals surface area contributed by atoms with Gasteiger partial charge in [0.1, 0.15) is 5.76 Å². The van der Waals surface area contributed by atoms with Crippen molar-refractivity contribution in [2.45, 2.75) is 32.6 Å². The summed E-state index contributed by atoms with van der Waals surface area (Å²) in [5.74, 6) is 2.42. The number of nitrogen functional groups attached to an aromatic ring is 1. The average Bonchev–Trinajstić information content (AvgIpc) is 2.78.